The summed E-state index contributed by atoms with van der Waals surface area (Å²) in [5, 5.41) is 18.7. The monoisotopic (exact) mass is 646 g/mol. The van der Waals surface area contributed by atoms with Gasteiger partial charge in [0.15, 0.2) is 0 Å². The Morgan fingerprint density at radius 3 is 2.13 bits per heavy atom. The maximum Gasteiger partial charge on any atom is 0.330 e. The van der Waals surface area contributed by atoms with Crippen molar-refractivity contribution in [2.75, 3.05) is 37.8 Å². The molecule has 0 saturated carbocycles. The number of esters is 2. The Bertz CT molecular complexity index is 1600. The molecule has 4 rings (SSSR count). The highest BCUT2D eigenvalue weighted by Gasteiger charge is 2.09. The van der Waals surface area contributed by atoms with Crippen molar-refractivity contribution in [3.05, 3.63) is 79.9 Å². The number of carbonyl (C=O) groups excluding carboxylic acids is 2. The molecule has 2 aromatic carbocycles. The van der Waals surface area contributed by atoms with Gasteiger partial charge < -0.3 is 19.1 Å². The highest BCUT2D eigenvalue weighted by molar-refractivity contribution is 7.30. The zero-order valence-corrected chi connectivity index (χ0v) is 26.6. The van der Waals surface area contributed by atoms with Crippen LogP contribution < -0.4 is 9.64 Å². The van der Waals surface area contributed by atoms with E-state index in [2.05, 4.69) is 43.5 Å². The van der Waals surface area contributed by atoms with E-state index in [1.165, 1.54) is 28.7 Å². The fourth-order valence-electron chi connectivity index (χ4n) is 3.94. The lowest BCUT2D eigenvalue weighted by molar-refractivity contribution is -0.138. The SMILES string of the molecule is C=CC(=O)OCCCCCOc1ccc(/N=N/c2cc3sc(/N=N/c4ccc(N(CC)CCOC(=O)C=C)cc4)nc3s2)cc1. The smallest absolute Gasteiger partial charge is 0.330 e. The van der Waals surface area contributed by atoms with Crippen molar-refractivity contribution in [3.8, 4) is 5.75 Å². The molecule has 0 N–H and O–H groups in total. The Balaban J connectivity index is 1.22. The normalized spacial score (nSPS) is 11.2. The molecule has 0 amide bonds. The van der Waals surface area contributed by atoms with E-state index in [0.717, 1.165) is 63.5 Å². The number of likely N-dealkylation sites (N-methyl/N-ethyl adjacent to an activating group) is 1. The average molecular weight is 647 g/mol. The first kappa shape index (κ1) is 33.1. The van der Waals surface area contributed by atoms with Crippen LogP contribution in [0.3, 0.4) is 0 Å². The fourth-order valence-corrected chi connectivity index (χ4v) is 5.79. The summed E-state index contributed by atoms with van der Waals surface area (Å²) in [7, 11) is 0. The molecule has 0 aliphatic rings. The third kappa shape index (κ3) is 10.7. The molecule has 2 heterocycles. The van der Waals surface area contributed by atoms with Gasteiger partial charge in [0.25, 0.3) is 0 Å². The summed E-state index contributed by atoms with van der Waals surface area (Å²) in [4.78, 5) is 29.8. The van der Waals surface area contributed by atoms with Crippen LogP contribution in [0.25, 0.3) is 9.53 Å². The highest BCUT2D eigenvalue weighted by atomic mass is 32.1. The van der Waals surface area contributed by atoms with Crippen LogP contribution in [0.5, 0.6) is 5.75 Å². The van der Waals surface area contributed by atoms with Crippen LogP contribution in [0.1, 0.15) is 26.2 Å². The molecule has 4 aromatic rings. The standard InChI is InChI=1S/C32H34N6O5S2/c1-4-29(39)42-20-9-7-8-19-41-26-16-12-24(13-17-26)34-36-28-22-27-31(45-28)33-32(44-27)37-35-23-10-14-25(15-11-23)38(6-3)18-21-43-30(40)5-2/h4-5,10-17,22H,1-2,6-9,18-21H2,3H3/b36-34+,37-35+. The summed E-state index contributed by atoms with van der Waals surface area (Å²) >= 11 is 2.88. The molecule has 234 valence electrons. The fraction of sp³-hybridized carbons (Fsp3) is 0.281. The zero-order chi connectivity index (χ0) is 31.9. The van der Waals surface area contributed by atoms with Crippen LogP contribution in [0, 0.1) is 0 Å². The van der Waals surface area contributed by atoms with Gasteiger partial charge in [-0.3, -0.25) is 0 Å². The maximum atomic E-state index is 11.3. The van der Waals surface area contributed by atoms with Gasteiger partial charge >= 0.3 is 11.9 Å². The Morgan fingerprint density at radius 1 is 0.822 bits per heavy atom. The molecule has 13 heteroatoms. The minimum Gasteiger partial charge on any atom is -0.494 e. The van der Waals surface area contributed by atoms with Crippen molar-refractivity contribution in [3.63, 3.8) is 0 Å². The van der Waals surface area contributed by atoms with E-state index in [1.807, 2.05) is 61.5 Å². The molecule has 45 heavy (non-hydrogen) atoms. The lowest BCUT2D eigenvalue weighted by atomic mass is 10.2. The summed E-state index contributed by atoms with van der Waals surface area (Å²) in [6.45, 7) is 11.4. The van der Waals surface area contributed by atoms with Crippen LogP contribution >= 0.6 is 22.7 Å². The molecule has 0 aliphatic carbocycles. The first-order valence-electron chi connectivity index (χ1n) is 14.4. The van der Waals surface area contributed by atoms with E-state index >= 15 is 0 Å². The van der Waals surface area contributed by atoms with Crippen LogP contribution in [0.15, 0.2) is 100 Å². The second kappa shape index (κ2) is 17.5. The van der Waals surface area contributed by atoms with E-state index < -0.39 is 11.9 Å². The summed E-state index contributed by atoms with van der Waals surface area (Å²) in [6.07, 6.45) is 4.88. The van der Waals surface area contributed by atoms with Crippen LogP contribution in [0.2, 0.25) is 0 Å². The Morgan fingerprint density at radius 2 is 1.47 bits per heavy atom. The van der Waals surface area contributed by atoms with Crippen molar-refractivity contribution in [1.82, 2.24) is 4.98 Å². The largest absolute Gasteiger partial charge is 0.494 e. The van der Waals surface area contributed by atoms with E-state index in [1.54, 1.807) is 0 Å². The number of anilines is 1. The predicted molar refractivity (Wildman–Crippen MR) is 178 cm³/mol. The summed E-state index contributed by atoms with van der Waals surface area (Å²) in [5.41, 5.74) is 2.43. The van der Waals surface area contributed by atoms with Crippen LogP contribution in [0.4, 0.5) is 27.2 Å². The number of thiophene rings is 1. The van der Waals surface area contributed by atoms with Crippen molar-refractivity contribution >= 4 is 71.3 Å². The predicted octanol–water partition coefficient (Wildman–Crippen LogP) is 9.02. The van der Waals surface area contributed by atoms with Crippen molar-refractivity contribution < 1.29 is 23.8 Å². The number of rotatable bonds is 18. The quantitative estimate of drug-likeness (QED) is 0.0457. The number of carbonyl (C=O) groups is 2. The number of aromatic nitrogens is 1. The van der Waals surface area contributed by atoms with Gasteiger partial charge in [0.1, 0.15) is 22.2 Å². The molecule has 2 aromatic heterocycles. The number of unbranched alkanes of at least 4 members (excludes halogenated alkanes) is 2. The molecule has 0 bridgehead atoms. The third-order valence-corrected chi connectivity index (χ3v) is 8.18. The van der Waals surface area contributed by atoms with Gasteiger partial charge in [-0.2, -0.15) is 0 Å². The Labute approximate surface area is 269 Å². The van der Waals surface area contributed by atoms with Gasteiger partial charge in [-0.1, -0.05) is 35.8 Å². The number of azo groups is 2. The highest BCUT2D eigenvalue weighted by Crippen LogP contribution is 2.39. The number of hydrogen-bond acceptors (Lipinski definition) is 13. The average Bonchev–Trinajstić information content (AvgIpc) is 3.63. The van der Waals surface area contributed by atoms with E-state index in [0.29, 0.717) is 30.6 Å². The number of benzene rings is 2. The van der Waals surface area contributed by atoms with Gasteiger partial charge in [-0.05, 0) is 80.8 Å². The molecular formula is C32H34N6O5S2. The number of fused-ring (bicyclic) bond motifs is 1. The molecule has 0 aliphatic heterocycles. The summed E-state index contributed by atoms with van der Waals surface area (Å²) in [5.74, 6) is -0.0581. The van der Waals surface area contributed by atoms with Crippen molar-refractivity contribution in [2.24, 2.45) is 20.5 Å². The lowest BCUT2D eigenvalue weighted by Gasteiger charge is -2.22. The molecular weight excluding hydrogens is 613 g/mol. The minimum absolute atomic E-state index is 0.287. The number of ether oxygens (including phenoxy) is 3. The molecule has 0 unspecified atom stereocenters. The molecule has 0 atom stereocenters. The Kier molecular flexibility index (Phi) is 12.9. The van der Waals surface area contributed by atoms with Gasteiger partial charge in [0, 0.05) is 24.4 Å². The second-order valence-electron chi connectivity index (χ2n) is 9.39. The number of thiazole rings is 1. The topological polar surface area (TPSA) is 127 Å². The molecule has 0 radical (unpaired) electrons. The van der Waals surface area contributed by atoms with E-state index in [-0.39, 0.29) is 6.61 Å². The van der Waals surface area contributed by atoms with E-state index in [4.69, 9.17) is 14.2 Å². The molecule has 0 spiro atoms. The molecule has 11 nitrogen and oxygen atoms in total. The van der Waals surface area contributed by atoms with Gasteiger partial charge in [-0.25, -0.2) is 14.6 Å². The third-order valence-electron chi connectivity index (χ3n) is 6.25. The van der Waals surface area contributed by atoms with Crippen LogP contribution in [-0.4, -0.2) is 49.8 Å². The second-order valence-corrected chi connectivity index (χ2v) is 11.4. The first-order valence-corrected chi connectivity index (χ1v) is 16.0. The first-order chi connectivity index (χ1) is 22.0. The summed E-state index contributed by atoms with van der Waals surface area (Å²) in [6, 6.07) is 17.1. The minimum atomic E-state index is -0.426. The van der Waals surface area contributed by atoms with Gasteiger partial charge in [0.2, 0.25) is 5.13 Å². The Hall–Kier alpha value is -4.75. The van der Waals surface area contributed by atoms with Gasteiger partial charge in [0.05, 0.1) is 35.8 Å². The molecule has 0 fully saturated rings. The number of hydrogen-bond donors (Lipinski definition) is 0. The number of nitrogens with zero attached hydrogens (tertiary/aromatic N) is 6. The zero-order valence-electron chi connectivity index (χ0n) is 25.0. The molecule has 0 saturated heterocycles. The lowest BCUT2D eigenvalue weighted by Crippen LogP contribution is -2.27. The maximum absolute atomic E-state index is 11.3. The summed E-state index contributed by atoms with van der Waals surface area (Å²) < 4.78 is 16.8. The van der Waals surface area contributed by atoms with Crippen LogP contribution in [-0.2, 0) is 19.1 Å². The van der Waals surface area contributed by atoms with Crippen molar-refractivity contribution in [1.29, 1.82) is 0 Å². The van der Waals surface area contributed by atoms with Gasteiger partial charge in [-0.15, -0.1) is 20.5 Å². The van der Waals surface area contributed by atoms with Crippen molar-refractivity contribution in [2.45, 2.75) is 26.2 Å². The van der Waals surface area contributed by atoms with E-state index in [9.17, 15) is 9.59 Å².